The van der Waals surface area contributed by atoms with E-state index < -0.39 is 0 Å². The summed E-state index contributed by atoms with van der Waals surface area (Å²) in [5.74, 6) is 0.110. The van der Waals surface area contributed by atoms with Crippen LogP contribution in [0.1, 0.15) is 39.0 Å². The van der Waals surface area contributed by atoms with Crippen molar-refractivity contribution in [2.75, 3.05) is 6.54 Å². The Balaban J connectivity index is 2.32. The lowest BCUT2D eigenvalue weighted by molar-refractivity contribution is -0.124. The zero-order valence-electron chi connectivity index (χ0n) is 7.73. The molecule has 0 unspecified atom stereocenters. The van der Waals surface area contributed by atoms with Crippen molar-refractivity contribution in [2.45, 2.75) is 44.6 Å². The minimum Gasteiger partial charge on any atom is -0.351 e. The van der Waals surface area contributed by atoms with Crippen molar-refractivity contribution in [1.82, 2.24) is 5.32 Å². The molecule has 0 atom stereocenters. The fourth-order valence-corrected chi connectivity index (χ4v) is 1.66. The summed E-state index contributed by atoms with van der Waals surface area (Å²) in [6.45, 7) is 2.58. The van der Waals surface area contributed by atoms with Gasteiger partial charge in [-0.3, -0.25) is 4.79 Å². The Morgan fingerprint density at radius 1 is 1.58 bits per heavy atom. The van der Waals surface area contributed by atoms with Gasteiger partial charge < -0.3 is 11.1 Å². The van der Waals surface area contributed by atoms with E-state index in [-0.39, 0.29) is 11.4 Å². The second-order valence-corrected chi connectivity index (χ2v) is 3.57. The number of carbonyl (C=O) groups is 1. The average Bonchev–Trinajstić information content (AvgIpc) is 1.97. The topological polar surface area (TPSA) is 55.1 Å². The van der Waals surface area contributed by atoms with E-state index in [4.69, 9.17) is 5.73 Å². The molecule has 1 aliphatic rings. The van der Waals surface area contributed by atoms with Crippen molar-refractivity contribution in [2.24, 2.45) is 5.73 Å². The molecule has 1 fully saturated rings. The summed E-state index contributed by atoms with van der Waals surface area (Å²) in [6, 6.07) is 0. The van der Waals surface area contributed by atoms with Crippen LogP contribution < -0.4 is 11.1 Å². The highest BCUT2D eigenvalue weighted by Gasteiger charge is 2.35. The Morgan fingerprint density at radius 3 is 2.58 bits per heavy atom. The molecule has 12 heavy (non-hydrogen) atoms. The second-order valence-electron chi connectivity index (χ2n) is 3.57. The van der Waals surface area contributed by atoms with Crippen LogP contribution in [-0.4, -0.2) is 18.0 Å². The molecule has 0 aliphatic heterocycles. The summed E-state index contributed by atoms with van der Waals surface area (Å²) < 4.78 is 0. The molecule has 1 saturated carbocycles. The van der Waals surface area contributed by atoms with E-state index in [1.165, 1.54) is 6.42 Å². The third-order valence-electron chi connectivity index (χ3n) is 2.76. The van der Waals surface area contributed by atoms with Crippen LogP contribution in [0.15, 0.2) is 0 Å². The number of rotatable bonds is 4. The molecular formula is C9H18N2O. The van der Waals surface area contributed by atoms with Gasteiger partial charge in [0.05, 0.1) is 0 Å². The third-order valence-corrected chi connectivity index (χ3v) is 2.76. The average molecular weight is 170 g/mol. The Kier molecular flexibility index (Phi) is 3.09. The van der Waals surface area contributed by atoms with Gasteiger partial charge in [-0.2, -0.15) is 0 Å². The summed E-state index contributed by atoms with van der Waals surface area (Å²) in [4.78, 5) is 11.2. The van der Waals surface area contributed by atoms with Crippen LogP contribution >= 0.6 is 0 Å². The molecule has 0 bridgehead atoms. The van der Waals surface area contributed by atoms with E-state index in [1.807, 2.05) is 0 Å². The molecule has 3 heteroatoms. The maximum atomic E-state index is 11.2. The van der Waals surface area contributed by atoms with Crippen LogP contribution in [0.2, 0.25) is 0 Å². The Hall–Kier alpha value is -0.570. The molecule has 1 rings (SSSR count). The summed E-state index contributed by atoms with van der Waals surface area (Å²) in [5, 5.41) is 3.06. The van der Waals surface area contributed by atoms with E-state index in [0.29, 0.717) is 13.0 Å². The van der Waals surface area contributed by atoms with Gasteiger partial charge in [0.25, 0.3) is 0 Å². The molecule has 0 radical (unpaired) electrons. The van der Waals surface area contributed by atoms with Crippen molar-refractivity contribution in [3.63, 3.8) is 0 Å². The molecule has 3 N–H and O–H groups in total. The smallest absolute Gasteiger partial charge is 0.221 e. The lowest BCUT2D eigenvalue weighted by atomic mass is 9.75. The van der Waals surface area contributed by atoms with E-state index in [2.05, 4.69) is 12.2 Å². The van der Waals surface area contributed by atoms with Gasteiger partial charge in [-0.05, 0) is 25.7 Å². The van der Waals surface area contributed by atoms with Crippen LogP contribution in [0.4, 0.5) is 0 Å². The fraction of sp³-hybridized carbons (Fsp3) is 0.889. The lowest BCUT2D eigenvalue weighted by Crippen LogP contribution is -2.53. The molecule has 0 heterocycles. The predicted octanol–water partition coefficient (Wildman–Crippen LogP) is 0.784. The maximum absolute atomic E-state index is 11.2. The van der Waals surface area contributed by atoms with Crippen LogP contribution in [-0.2, 0) is 4.79 Å². The zero-order chi connectivity index (χ0) is 9.03. The molecule has 3 nitrogen and oxygen atoms in total. The Bertz CT molecular complexity index is 158. The molecule has 1 aliphatic carbocycles. The number of nitrogens with one attached hydrogen (secondary N) is 1. The van der Waals surface area contributed by atoms with Crippen molar-refractivity contribution >= 4 is 5.91 Å². The van der Waals surface area contributed by atoms with Gasteiger partial charge in [-0.25, -0.2) is 0 Å². The number of amides is 1. The molecular weight excluding hydrogens is 152 g/mol. The number of hydrogen-bond acceptors (Lipinski definition) is 2. The van der Waals surface area contributed by atoms with Crippen molar-refractivity contribution < 1.29 is 4.79 Å². The van der Waals surface area contributed by atoms with Crippen LogP contribution in [0.25, 0.3) is 0 Å². The maximum Gasteiger partial charge on any atom is 0.221 e. The van der Waals surface area contributed by atoms with Gasteiger partial charge in [-0.15, -0.1) is 0 Å². The third kappa shape index (κ3) is 1.97. The number of nitrogens with two attached hydrogens (primary N) is 1. The molecule has 0 spiro atoms. The summed E-state index contributed by atoms with van der Waals surface area (Å²) in [7, 11) is 0. The van der Waals surface area contributed by atoms with E-state index >= 15 is 0 Å². The standard InChI is InChI=1S/C9H18N2O/c1-2-9(5-3-6-9)11-8(12)4-7-10/h2-7,10H2,1H3,(H,11,12). The van der Waals surface area contributed by atoms with Crippen molar-refractivity contribution in [3.8, 4) is 0 Å². The van der Waals surface area contributed by atoms with Crippen LogP contribution in [0, 0.1) is 0 Å². The minimum absolute atomic E-state index is 0.110. The largest absolute Gasteiger partial charge is 0.351 e. The first-order valence-corrected chi connectivity index (χ1v) is 4.73. The summed E-state index contributed by atoms with van der Waals surface area (Å²) in [5.41, 5.74) is 5.42. The molecule has 0 saturated heterocycles. The highest BCUT2D eigenvalue weighted by molar-refractivity contribution is 5.77. The SMILES string of the molecule is CCC1(NC(=O)CCN)CCC1. The second kappa shape index (κ2) is 3.90. The summed E-state index contributed by atoms with van der Waals surface area (Å²) >= 11 is 0. The Labute approximate surface area is 73.7 Å². The first-order chi connectivity index (χ1) is 5.72. The van der Waals surface area contributed by atoms with Gasteiger partial charge in [0, 0.05) is 18.5 Å². The predicted molar refractivity (Wildman–Crippen MR) is 48.7 cm³/mol. The monoisotopic (exact) mass is 170 g/mol. The molecule has 0 aromatic rings. The number of carbonyl (C=O) groups excluding carboxylic acids is 1. The summed E-state index contributed by atoms with van der Waals surface area (Å²) in [6.07, 6.45) is 5.03. The molecule has 70 valence electrons. The van der Waals surface area contributed by atoms with E-state index in [9.17, 15) is 4.79 Å². The molecule has 0 aromatic heterocycles. The van der Waals surface area contributed by atoms with Crippen LogP contribution in [0.3, 0.4) is 0 Å². The first-order valence-electron chi connectivity index (χ1n) is 4.73. The van der Waals surface area contributed by atoms with Gasteiger partial charge in [0.2, 0.25) is 5.91 Å². The minimum atomic E-state index is 0.110. The normalized spacial score (nSPS) is 19.8. The van der Waals surface area contributed by atoms with Crippen molar-refractivity contribution in [3.05, 3.63) is 0 Å². The Morgan fingerprint density at radius 2 is 2.25 bits per heavy atom. The highest BCUT2D eigenvalue weighted by atomic mass is 16.1. The van der Waals surface area contributed by atoms with E-state index in [0.717, 1.165) is 19.3 Å². The quantitative estimate of drug-likeness (QED) is 0.655. The zero-order valence-corrected chi connectivity index (χ0v) is 7.73. The molecule has 0 aromatic carbocycles. The van der Waals surface area contributed by atoms with Crippen LogP contribution in [0.5, 0.6) is 0 Å². The van der Waals surface area contributed by atoms with Gasteiger partial charge in [0.1, 0.15) is 0 Å². The first kappa shape index (κ1) is 9.52. The van der Waals surface area contributed by atoms with Gasteiger partial charge in [0.15, 0.2) is 0 Å². The highest BCUT2D eigenvalue weighted by Crippen LogP contribution is 2.34. The van der Waals surface area contributed by atoms with Crippen molar-refractivity contribution in [1.29, 1.82) is 0 Å². The van der Waals surface area contributed by atoms with Gasteiger partial charge >= 0.3 is 0 Å². The molecule has 1 amide bonds. The fourth-order valence-electron chi connectivity index (χ4n) is 1.66. The lowest BCUT2D eigenvalue weighted by Gasteiger charge is -2.42. The van der Waals surface area contributed by atoms with E-state index in [1.54, 1.807) is 0 Å². The van der Waals surface area contributed by atoms with Gasteiger partial charge in [-0.1, -0.05) is 6.92 Å². The number of hydrogen-bond donors (Lipinski definition) is 2.